The van der Waals surface area contributed by atoms with E-state index in [-0.39, 0.29) is 5.69 Å². The van der Waals surface area contributed by atoms with E-state index in [9.17, 15) is 9.90 Å². The highest BCUT2D eigenvalue weighted by atomic mass is 35.5. The van der Waals surface area contributed by atoms with E-state index in [1.807, 2.05) is 54.6 Å². The molecule has 0 amide bonds. The zero-order valence-electron chi connectivity index (χ0n) is 14.5. The van der Waals surface area contributed by atoms with Crippen LogP contribution in [0.5, 0.6) is 0 Å². The first-order valence-electron chi connectivity index (χ1n) is 8.43. The number of carbonyl (C=O) groups is 1. The largest absolute Gasteiger partial charge is 0.476 e. The molecule has 0 spiro atoms. The van der Waals surface area contributed by atoms with E-state index >= 15 is 0 Å². The molecule has 0 fully saturated rings. The first-order valence-corrected chi connectivity index (χ1v) is 9.63. The SMILES string of the molecule is O=C(O)c1cc(-c2ccccc2)n(-c2ccc(NCc3cnc(Cl)s3)cc2)n1. The lowest BCUT2D eigenvalue weighted by atomic mass is 10.1. The quantitative estimate of drug-likeness (QED) is 0.469. The van der Waals surface area contributed by atoms with Gasteiger partial charge in [0.15, 0.2) is 10.2 Å². The number of benzene rings is 2. The van der Waals surface area contributed by atoms with Crippen LogP contribution < -0.4 is 5.32 Å². The third kappa shape index (κ3) is 3.90. The zero-order chi connectivity index (χ0) is 19.5. The van der Waals surface area contributed by atoms with Gasteiger partial charge in [0.25, 0.3) is 0 Å². The number of halogens is 1. The minimum absolute atomic E-state index is 0.00290. The number of hydrogen-bond acceptors (Lipinski definition) is 5. The monoisotopic (exact) mass is 410 g/mol. The van der Waals surface area contributed by atoms with Crippen LogP contribution in [0.2, 0.25) is 4.47 Å². The molecule has 6 nitrogen and oxygen atoms in total. The maximum atomic E-state index is 11.4. The predicted octanol–water partition coefficient (Wildman–Crippen LogP) is 4.96. The molecule has 0 saturated heterocycles. The number of carboxylic acid groups (broad SMARTS) is 1. The third-order valence-corrected chi connectivity index (χ3v) is 5.22. The van der Waals surface area contributed by atoms with Crippen molar-refractivity contribution in [3.05, 3.63) is 81.9 Å². The molecule has 2 aromatic heterocycles. The summed E-state index contributed by atoms with van der Waals surface area (Å²) >= 11 is 7.28. The minimum atomic E-state index is -1.06. The van der Waals surface area contributed by atoms with Crippen LogP contribution in [-0.2, 0) is 6.54 Å². The Morgan fingerprint density at radius 3 is 2.54 bits per heavy atom. The van der Waals surface area contributed by atoms with Crippen molar-refractivity contribution in [3.63, 3.8) is 0 Å². The molecule has 0 aliphatic heterocycles. The van der Waals surface area contributed by atoms with Crippen LogP contribution in [0.15, 0.2) is 66.9 Å². The normalized spacial score (nSPS) is 10.8. The summed E-state index contributed by atoms with van der Waals surface area (Å²) in [5.41, 5.74) is 3.32. The Morgan fingerprint density at radius 2 is 1.89 bits per heavy atom. The van der Waals surface area contributed by atoms with E-state index in [1.165, 1.54) is 11.3 Å². The lowest BCUT2D eigenvalue weighted by Gasteiger charge is -2.09. The summed E-state index contributed by atoms with van der Waals surface area (Å²) in [5, 5.41) is 16.9. The van der Waals surface area contributed by atoms with Crippen LogP contribution in [0.4, 0.5) is 5.69 Å². The van der Waals surface area contributed by atoms with Gasteiger partial charge in [-0.05, 0) is 30.3 Å². The molecule has 2 heterocycles. The summed E-state index contributed by atoms with van der Waals surface area (Å²) in [7, 11) is 0. The van der Waals surface area contributed by atoms with E-state index in [0.717, 1.165) is 27.5 Å². The summed E-state index contributed by atoms with van der Waals surface area (Å²) in [6.45, 7) is 0.629. The van der Waals surface area contributed by atoms with Gasteiger partial charge in [0, 0.05) is 22.3 Å². The second-order valence-electron chi connectivity index (χ2n) is 5.98. The number of aromatic nitrogens is 3. The number of anilines is 1. The second kappa shape index (κ2) is 7.84. The van der Waals surface area contributed by atoms with E-state index < -0.39 is 5.97 Å². The van der Waals surface area contributed by atoms with Crippen molar-refractivity contribution < 1.29 is 9.90 Å². The Kier molecular flexibility index (Phi) is 5.10. The maximum Gasteiger partial charge on any atom is 0.356 e. The first kappa shape index (κ1) is 18.2. The number of nitrogens with one attached hydrogen (secondary N) is 1. The molecule has 0 atom stereocenters. The van der Waals surface area contributed by atoms with E-state index in [0.29, 0.717) is 11.0 Å². The van der Waals surface area contributed by atoms with E-state index in [1.54, 1.807) is 16.9 Å². The zero-order valence-corrected chi connectivity index (χ0v) is 16.1. The molecule has 8 heteroatoms. The van der Waals surface area contributed by atoms with Crippen LogP contribution in [0.3, 0.4) is 0 Å². The van der Waals surface area contributed by atoms with Crippen LogP contribution in [0.25, 0.3) is 16.9 Å². The minimum Gasteiger partial charge on any atom is -0.476 e. The average molecular weight is 411 g/mol. The fourth-order valence-electron chi connectivity index (χ4n) is 2.77. The van der Waals surface area contributed by atoms with E-state index in [4.69, 9.17) is 11.6 Å². The summed E-state index contributed by atoms with van der Waals surface area (Å²) in [5.74, 6) is -1.06. The van der Waals surface area contributed by atoms with Gasteiger partial charge in [-0.3, -0.25) is 0 Å². The smallest absolute Gasteiger partial charge is 0.356 e. The van der Waals surface area contributed by atoms with Gasteiger partial charge in [-0.25, -0.2) is 14.5 Å². The summed E-state index contributed by atoms with van der Waals surface area (Å²) < 4.78 is 2.17. The van der Waals surface area contributed by atoms with E-state index in [2.05, 4.69) is 15.4 Å². The van der Waals surface area contributed by atoms with Crippen LogP contribution >= 0.6 is 22.9 Å². The predicted molar refractivity (Wildman–Crippen MR) is 110 cm³/mol. The highest BCUT2D eigenvalue weighted by molar-refractivity contribution is 7.15. The molecule has 0 aliphatic carbocycles. The lowest BCUT2D eigenvalue weighted by Crippen LogP contribution is -2.03. The number of thiazole rings is 1. The summed E-state index contributed by atoms with van der Waals surface area (Å²) in [6, 6.07) is 18.8. The third-order valence-electron chi connectivity index (χ3n) is 4.10. The van der Waals surface area contributed by atoms with Crippen LogP contribution in [-0.4, -0.2) is 25.8 Å². The molecule has 140 valence electrons. The molecule has 0 radical (unpaired) electrons. The Hall–Kier alpha value is -3.16. The van der Waals surface area contributed by atoms with Crippen molar-refractivity contribution in [1.29, 1.82) is 0 Å². The highest BCUT2D eigenvalue weighted by Crippen LogP contribution is 2.25. The molecule has 28 heavy (non-hydrogen) atoms. The average Bonchev–Trinajstić information content (AvgIpc) is 3.34. The number of hydrogen-bond donors (Lipinski definition) is 2. The number of nitrogens with zero attached hydrogens (tertiary/aromatic N) is 3. The van der Waals surface area contributed by atoms with Gasteiger partial charge >= 0.3 is 5.97 Å². The van der Waals surface area contributed by atoms with Gasteiger partial charge in [-0.2, -0.15) is 5.10 Å². The molecule has 0 bridgehead atoms. The van der Waals surface area contributed by atoms with Crippen molar-refractivity contribution >= 4 is 34.6 Å². The molecule has 0 unspecified atom stereocenters. The fraction of sp³-hybridized carbons (Fsp3) is 0.0500. The van der Waals surface area contributed by atoms with Gasteiger partial charge in [-0.15, -0.1) is 11.3 Å². The topological polar surface area (TPSA) is 80.0 Å². The van der Waals surface area contributed by atoms with Gasteiger partial charge in [0.1, 0.15) is 0 Å². The summed E-state index contributed by atoms with van der Waals surface area (Å²) in [4.78, 5) is 16.5. The van der Waals surface area contributed by atoms with Crippen molar-refractivity contribution in [2.45, 2.75) is 6.54 Å². The number of aromatic carboxylic acids is 1. The van der Waals surface area contributed by atoms with Crippen LogP contribution in [0, 0.1) is 0 Å². The van der Waals surface area contributed by atoms with Gasteiger partial charge in [0.05, 0.1) is 17.9 Å². The number of carboxylic acids is 1. The Bertz CT molecular complexity index is 1110. The van der Waals surface area contributed by atoms with Gasteiger partial charge in [0.2, 0.25) is 0 Å². The van der Waals surface area contributed by atoms with Crippen molar-refractivity contribution in [3.8, 4) is 16.9 Å². The summed E-state index contributed by atoms with van der Waals surface area (Å²) in [6.07, 6.45) is 1.75. The molecular weight excluding hydrogens is 396 g/mol. The molecule has 4 rings (SSSR count). The fourth-order valence-corrected chi connectivity index (χ4v) is 3.69. The molecular formula is C20H15ClN4O2S. The molecule has 4 aromatic rings. The molecule has 0 saturated carbocycles. The lowest BCUT2D eigenvalue weighted by molar-refractivity contribution is 0.0690. The van der Waals surface area contributed by atoms with Crippen LogP contribution in [0.1, 0.15) is 15.4 Å². The van der Waals surface area contributed by atoms with Gasteiger partial charge in [-0.1, -0.05) is 41.9 Å². The Morgan fingerprint density at radius 1 is 1.14 bits per heavy atom. The first-order chi connectivity index (χ1) is 13.6. The highest BCUT2D eigenvalue weighted by Gasteiger charge is 2.15. The second-order valence-corrected chi connectivity index (χ2v) is 7.68. The van der Waals surface area contributed by atoms with Crippen molar-refractivity contribution in [2.75, 3.05) is 5.32 Å². The molecule has 2 aromatic carbocycles. The Labute approximate surface area is 170 Å². The number of rotatable bonds is 6. The van der Waals surface area contributed by atoms with Crippen molar-refractivity contribution in [1.82, 2.24) is 14.8 Å². The Balaban J connectivity index is 1.60. The standard InChI is InChI=1S/C20H15ClN4O2S/c21-20-23-12-16(28-20)11-22-14-6-8-15(9-7-14)25-18(10-17(24-25)19(26)27)13-4-2-1-3-5-13/h1-10,12,22H,11H2,(H,26,27). The molecule has 0 aliphatic rings. The maximum absolute atomic E-state index is 11.4. The van der Waals surface area contributed by atoms with Crippen molar-refractivity contribution in [2.24, 2.45) is 0 Å². The van der Waals surface area contributed by atoms with Gasteiger partial charge < -0.3 is 10.4 Å². The molecule has 2 N–H and O–H groups in total.